The molecule has 0 saturated heterocycles. The van der Waals surface area contributed by atoms with Gasteiger partial charge < -0.3 is 5.11 Å². The van der Waals surface area contributed by atoms with E-state index in [0.29, 0.717) is 5.02 Å². The molecule has 0 saturated carbocycles. The molecule has 0 radical (unpaired) electrons. The number of hydrogen-bond donors (Lipinski definition) is 2. The second-order valence-corrected chi connectivity index (χ2v) is 7.06. The van der Waals surface area contributed by atoms with Gasteiger partial charge in [-0.3, -0.25) is 4.72 Å². The number of halogens is 1. The first-order valence-corrected chi connectivity index (χ1v) is 8.44. The summed E-state index contributed by atoms with van der Waals surface area (Å²) in [6, 6.07) is 13.6. The molecule has 0 aromatic heterocycles. The molecule has 0 amide bonds. The van der Waals surface area contributed by atoms with Crippen LogP contribution in [0.3, 0.4) is 0 Å². The van der Waals surface area contributed by atoms with Gasteiger partial charge in [0.1, 0.15) is 5.75 Å². The third kappa shape index (κ3) is 4.37. The summed E-state index contributed by atoms with van der Waals surface area (Å²) in [5.74, 6) is -0.421. The molecule has 0 fully saturated rings. The van der Waals surface area contributed by atoms with Gasteiger partial charge in [0.25, 0.3) is 0 Å². The molecule has 0 heterocycles. The van der Waals surface area contributed by atoms with E-state index in [-0.39, 0.29) is 23.1 Å². The van der Waals surface area contributed by atoms with E-state index in [4.69, 9.17) is 11.6 Å². The van der Waals surface area contributed by atoms with Crippen molar-refractivity contribution in [2.45, 2.75) is 12.8 Å². The summed E-state index contributed by atoms with van der Waals surface area (Å²) in [4.78, 5) is 0. The van der Waals surface area contributed by atoms with Gasteiger partial charge in [0.15, 0.2) is 0 Å². The molecular formula is C15H16ClNO3S. The Hall–Kier alpha value is -1.72. The van der Waals surface area contributed by atoms with Crippen LogP contribution in [0, 0.1) is 0 Å². The van der Waals surface area contributed by atoms with Gasteiger partial charge in [0, 0.05) is 11.1 Å². The molecule has 112 valence electrons. The van der Waals surface area contributed by atoms with Crippen LogP contribution in [0.25, 0.3) is 0 Å². The topological polar surface area (TPSA) is 66.4 Å². The summed E-state index contributed by atoms with van der Waals surface area (Å²) in [7, 11) is -3.57. The number of anilines is 1. The number of benzene rings is 2. The van der Waals surface area contributed by atoms with Crippen molar-refractivity contribution in [3.8, 4) is 5.75 Å². The summed E-state index contributed by atoms with van der Waals surface area (Å²) in [5.41, 5.74) is 1.07. The van der Waals surface area contributed by atoms with Crippen LogP contribution >= 0.6 is 11.6 Å². The molecule has 2 aromatic carbocycles. The Balaban J connectivity index is 2.12. The lowest BCUT2D eigenvalue weighted by Crippen LogP contribution is -2.20. The highest BCUT2D eigenvalue weighted by molar-refractivity contribution is 7.92. The van der Waals surface area contributed by atoms with Gasteiger partial charge in [-0.05, 0) is 23.6 Å². The first kappa shape index (κ1) is 15.7. The Bertz CT molecular complexity index is 717. The first-order valence-electron chi connectivity index (χ1n) is 6.41. The fraction of sp³-hybridized carbons (Fsp3) is 0.200. The molecule has 0 aliphatic rings. The molecule has 0 aliphatic heterocycles. The molecule has 0 aliphatic carbocycles. The van der Waals surface area contributed by atoms with Crippen LogP contribution in [-0.4, -0.2) is 19.3 Å². The molecule has 2 rings (SSSR count). The van der Waals surface area contributed by atoms with Gasteiger partial charge in [0.05, 0.1) is 11.4 Å². The maximum Gasteiger partial charge on any atom is 0.233 e. The lowest BCUT2D eigenvalue weighted by atomic mass is 10.0. The highest BCUT2D eigenvalue weighted by Crippen LogP contribution is 2.28. The van der Waals surface area contributed by atoms with Gasteiger partial charge in [-0.1, -0.05) is 48.9 Å². The minimum absolute atomic E-state index is 0.0704. The summed E-state index contributed by atoms with van der Waals surface area (Å²) in [6.07, 6.45) is 0. The fourth-order valence-electron chi connectivity index (χ4n) is 2.01. The SMILES string of the molecule is CC(CS(=O)(=O)Nc1ccc(Cl)cc1O)c1ccccc1. The molecular weight excluding hydrogens is 310 g/mol. The summed E-state index contributed by atoms with van der Waals surface area (Å²) in [5, 5.41) is 10.0. The van der Waals surface area contributed by atoms with E-state index in [1.54, 1.807) is 0 Å². The van der Waals surface area contributed by atoms with E-state index in [0.717, 1.165) is 5.56 Å². The molecule has 0 spiro atoms. The minimum atomic E-state index is -3.57. The minimum Gasteiger partial charge on any atom is -0.506 e. The normalized spacial score (nSPS) is 12.9. The molecule has 6 heteroatoms. The number of rotatable bonds is 5. The van der Waals surface area contributed by atoms with E-state index >= 15 is 0 Å². The van der Waals surface area contributed by atoms with E-state index in [1.165, 1.54) is 18.2 Å². The molecule has 21 heavy (non-hydrogen) atoms. The monoisotopic (exact) mass is 325 g/mol. The van der Waals surface area contributed by atoms with Crippen molar-refractivity contribution in [1.82, 2.24) is 0 Å². The van der Waals surface area contributed by atoms with Gasteiger partial charge in [-0.2, -0.15) is 0 Å². The summed E-state index contributed by atoms with van der Waals surface area (Å²) < 4.78 is 26.7. The van der Waals surface area contributed by atoms with Crippen LogP contribution in [0.2, 0.25) is 5.02 Å². The number of sulfonamides is 1. The van der Waals surface area contributed by atoms with Crippen LogP contribution < -0.4 is 4.72 Å². The van der Waals surface area contributed by atoms with Crippen molar-refractivity contribution < 1.29 is 13.5 Å². The second-order valence-electron chi connectivity index (χ2n) is 4.86. The Morgan fingerprint density at radius 3 is 2.48 bits per heavy atom. The average molecular weight is 326 g/mol. The lowest BCUT2D eigenvalue weighted by Gasteiger charge is -2.14. The Kier molecular flexibility index (Phi) is 4.75. The van der Waals surface area contributed by atoms with Crippen LogP contribution in [0.5, 0.6) is 5.75 Å². The van der Waals surface area contributed by atoms with E-state index < -0.39 is 10.0 Å². The van der Waals surface area contributed by atoms with Crippen LogP contribution in [0.15, 0.2) is 48.5 Å². The van der Waals surface area contributed by atoms with Gasteiger partial charge in [-0.25, -0.2) is 8.42 Å². The average Bonchev–Trinajstić information content (AvgIpc) is 2.42. The van der Waals surface area contributed by atoms with Crippen molar-refractivity contribution in [3.05, 3.63) is 59.1 Å². The maximum absolute atomic E-state index is 12.2. The van der Waals surface area contributed by atoms with Gasteiger partial charge >= 0.3 is 0 Å². The van der Waals surface area contributed by atoms with Gasteiger partial charge in [0.2, 0.25) is 10.0 Å². The highest BCUT2D eigenvalue weighted by atomic mass is 35.5. The van der Waals surface area contributed by atoms with E-state index in [2.05, 4.69) is 4.72 Å². The van der Waals surface area contributed by atoms with Crippen LogP contribution in [-0.2, 0) is 10.0 Å². The third-order valence-electron chi connectivity index (χ3n) is 3.06. The summed E-state index contributed by atoms with van der Waals surface area (Å²) >= 11 is 5.72. The van der Waals surface area contributed by atoms with Gasteiger partial charge in [-0.15, -0.1) is 0 Å². The largest absolute Gasteiger partial charge is 0.506 e. The number of nitrogens with one attached hydrogen (secondary N) is 1. The quantitative estimate of drug-likeness (QED) is 0.825. The third-order valence-corrected chi connectivity index (χ3v) is 4.77. The number of phenols is 1. The van der Waals surface area contributed by atoms with Crippen molar-refractivity contribution >= 4 is 27.3 Å². The maximum atomic E-state index is 12.2. The molecule has 2 N–H and O–H groups in total. The first-order chi connectivity index (χ1) is 9.87. The zero-order chi connectivity index (χ0) is 15.5. The smallest absolute Gasteiger partial charge is 0.233 e. The predicted molar refractivity (Wildman–Crippen MR) is 85.4 cm³/mol. The van der Waals surface area contributed by atoms with Crippen molar-refractivity contribution in [1.29, 1.82) is 0 Å². The van der Waals surface area contributed by atoms with E-state index in [1.807, 2.05) is 37.3 Å². The fourth-order valence-corrected chi connectivity index (χ4v) is 3.62. The molecule has 1 atom stereocenters. The Morgan fingerprint density at radius 2 is 1.86 bits per heavy atom. The molecule has 1 unspecified atom stereocenters. The standard InChI is InChI=1S/C15H16ClNO3S/c1-11(12-5-3-2-4-6-12)10-21(19,20)17-14-8-7-13(16)9-15(14)18/h2-9,11,17-18H,10H2,1H3. The van der Waals surface area contributed by atoms with E-state index in [9.17, 15) is 13.5 Å². The summed E-state index contributed by atoms with van der Waals surface area (Å²) in [6.45, 7) is 1.84. The molecule has 0 bridgehead atoms. The van der Waals surface area contributed by atoms with Crippen molar-refractivity contribution in [3.63, 3.8) is 0 Å². The highest BCUT2D eigenvalue weighted by Gasteiger charge is 2.18. The Labute approximate surface area is 129 Å². The molecule has 2 aromatic rings. The lowest BCUT2D eigenvalue weighted by molar-refractivity contribution is 0.477. The van der Waals surface area contributed by atoms with Crippen LogP contribution in [0.4, 0.5) is 5.69 Å². The molecule has 4 nitrogen and oxygen atoms in total. The number of hydrogen-bond acceptors (Lipinski definition) is 3. The van der Waals surface area contributed by atoms with Crippen molar-refractivity contribution in [2.75, 3.05) is 10.5 Å². The predicted octanol–water partition coefficient (Wildman–Crippen LogP) is 3.59. The zero-order valence-electron chi connectivity index (χ0n) is 11.5. The second kappa shape index (κ2) is 6.37. The van der Waals surface area contributed by atoms with Crippen molar-refractivity contribution in [2.24, 2.45) is 0 Å². The zero-order valence-corrected chi connectivity index (χ0v) is 13.0. The number of aromatic hydroxyl groups is 1. The van der Waals surface area contributed by atoms with Crippen LogP contribution in [0.1, 0.15) is 18.4 Å². The number of phenolic OH excluding ortho intramolecular Hbond substituents is 1. The Morgan fingerprint density at radius 1 is 1.19 bits per heavy atom.